The largest absolute Gasteiger partial charge is 0.353 e. The molecule has 4 rings (SSSR count). The lowest BCUT2D eigenvalue weighted by Crippen LogP contribution is -2.41. The van der Waals surface area contributed by atoms with E-state index in [0.717, 1.165) is 34.4 Å². The van der Waals surface area contributed by atoms with Crippen LogP contribution in [0.3, 0.4) is 0 Å². The van der Waals surface area contributed by atoms with Gasteiger partial charge in [-0.1, -0.05) is 62.4 Å². The molecule has 182 valence electrons. The van der Waals surface area contributed by atoms with Crippen molar-refractivity contribution in [2.75, 3.05) is 11.9 Å². The second-order valence-corrected chi connectivity index (χ2v) is 8.69. The van der Waals surface area contributed by atoms with Crippen LogP contribution in [0.1, 0.15) is 25.0 Å². The van der Waals surface area contributed by atoms with Crippen molar-refractivity contribution in [3.8, 4) is 22.4 Å². The zero-order chi connectivity index (χ0) is 23.8. The van der Waals surface area contributed by atoms with Crippen molar-refractivity contribution in [1.29, 1.82) is 0 Å². The molecule has 0 amide bonds. The smallest absolute Gasteiger partial charge is 0.223 e. The molecule has 0 radical (unpaired) electrons. The lowest BCUT2D eigenvalue weighted by Gasteiger charge is -2.22. The van der Waals surface area contributed by atoms with Crippen molar-refractivity contribution >= 4 is 18.4 Å². The summed E-state index contributed by atoms with van der Waals surface area (Å²) in [6.45, 7) is 5.54. The van der Waals surface area contributed by atoms with Crippen molar-refractivity contribution in [2.24, 2.45) is 5.73 Å². The maximum atomic E-state index is 5.87. The van der Waals surface area contributed by atoms with Crippen LogP contribution in [0.15, 0.2) is 85.3 Å². The van der Waals surface area contributed by atoms with Crippen LogP contribution in [0.2, 0.25) is 0 Å². The van der Waals surface area contributed by atoms with Gasteiger partial charge in [0.1, 0.15) is 0 Å². The number of halogens is 1. The highest BCUT2D eigenvalue weighted by Gasteiger charge is 2.15. The minimum atomic E-state index is 0. The number of anilines is 1. The fourth-order valence-corrected chi connectivity index (χ4v) is 4.05. The lowest BCUT2D eigenvalue weighted by atomic mass is 10.00. The summed E-state index contributed by atoms with van der Waals surface area (Å²) in [6, 6.07) is 23.3. The van der Waals surface area contributed by atoms with Gasteiger partial charge in [-0.25, -0.2) is 9.97 Å². The van der Waals surface area contributed by atoms with Gasteiger partial charge in [0.25, 0.3) is 0 Å². The van der Waals surface area contributed by atoms with Crippen molar-refractivity contribution in [2.45, 2.75) is 38.9 Å². The molecule has 1 atom stereocenters. The van der Waals surface area contributed by atoms with Crippen LogP contribution in [-0.2, 0) is 13.0 Å². The number of aromatic nitrogens is 3. The fourth-order valence-electron chi connectivity index (χ4n) is 4.05. The van der Waals surface area contributed by atoms with Gasteiger partial charge in [-0.3, -0.25) is 4.98 Å². The second-order valence-electron chi connectivity index (χ2n) is 8.69. The summed E-state index contributed by atoms with van der Waals surface area (Å²) in [6.07, 6.45) is 6.39. The van der Waals surface area contributed by atoms with Crippen LogP contribution >= 0.6 is 12.4 Å². The van der Waals surface area contributed by atoms with Gasteiger partial charge >= 0.3 is 0 Å². The van der Waals surface area contributed by atoms with Gasteiger partial charge in [0.15, 0.2) is 0 Å². The number of nitrogens with two attached hydrogens (primary N) is 1. The maximum absolute atomic E-state index is 5.87. The molecule has 2 aromatic heterocycles. The number of nitrogens with one attached hydrogen (secondary N) is 2. The lowest BCUT2D eigenvalue weighted by molar-refractivity contribution is 0.473. The average Bonchev–Trinajstić information content (AvgIpc) is 2.88. The first-order valence-electron chi connectivity index (χ1n) is 11.7. The van der Waals surface area contributed by atoms with E-state index in [2.05, 4.69) is 70.8 Å². The first-order chi connectivity index (χ1) is 16.6. The fraction of sp³-hybridized carbons (Fsp3) is 0.250. The summed E-state index contributed by atoms with van der Waals surface area (Å²) in [4.78, 5) is 13.7. The normalized spacial score (nSPS) is 11.7. The van der Waals surface area contributed by atoms with Crippen LogP contribution in [0.4, 0.5) is 5.95 Å². The number of benzene rings is 2. The zero-order valence-corrected chi connectivity index (χ0v) is 21.0. The van der Waals surface area contributed by atoms with Crippen LogP contribution in [0.5, 0.6) is 0 Å². The van der Waals surface area contributed by atoms with Crippen LogP contribution in [0.25, 0.3) is 22.4 Å². The highest BCUT2D eigenvalue weighted by molar-refractivity contribution is 5.85. The first kappa shape index (κ1) is 26.3. The minimum absolute atomic E-state index is 0. The second kappa shape index (κ2) is 13.0. The Kier molecular flexibility index (Phi) is 9.73. The summed E-state index contributed by atoms with van der Waals surface area (Å²) in [5.74, 6) is 0.606. The topological polar surface area (TPSA) is 88.8 Å². The van der Waals surface area contributed by atoms with Crippen molar-refractivity contribution < 1.29 is 0 Å². The number of nitrogens with zero attached hydrogens (tertiary/aromatic N) is 3. The van der Waals surface area contributed by atoms with Gasteiger partial charge in [0.05, 0.1) is 5.69 Å². The van der Waals surface area contributed by atoms with E-state index < -0.39 is 0 Å². The average molecular weight is 489 g/mol. The molecule has 4 N–H and O–H groups in total. The van der Waals surface area contributed by atoms with E-state index in [1.165, 1.54) is 5.56 Å². The van der Waals surface area contributed by atoms with E-state index in [1.54, 1.807) is 12.4 Å². The van der Waals surface area contributed by atoms with Gasteiger partial charge in [-0.05, 0) is 41.3 Å². The van der Waals surface area contributed by atoms with Crippen LogP contribution in [0, 0.1) is 0 Å². The zero-order valence-electron chi connectivity index (χ0n) is 20.2. The molecule has 0 spiro atoms. The molecule has 0 saturated heterocycles. The third-order valence-corrected chi connectivity index (χ3v) is 5.62. The molecule has 0 saturated carbocycles. The molecule has 35 heavy (non-hydrogen) atoms. The van der Waals surface area contributed by atoms with E-state index in [-0.39, 0.29) is 18.4 Å². The standard InChI is InChI=1S/C28H32N6.ClH/c1-20(2)33-25(16-21-7-4-3-5-8-21)18-31-28-32-19-26(24-10-6-9-22(15-24)17-29)27(34-28)23-11-13-30-14-12-23;/h3-15,19-20,25,33H,16-18,29H2,1-2H3,(H,31,32,34);1H/t25-;/m0./s1. The highest BCUT2D eigenvalue weighted by atomic mass is 35.5. The first-order valence-corrected chi connectivity index (χ1v) is 11.7. The van der Waals surface area contributed by atoms with Crippen molar-refractivity contribution in [3.63, 3.8) is 0 Å². The summed E-state index contributed by atoms with van der Waals surface area (Å²) < 4.78 is 0. The van der Waals surface area contributed by atoms with Gasteiger partial charge < -0.3 is 16.4 Å². The summed E-state index contributed by atoms with van der Waals surface area (Å²) in [5, 5.41) is 7.12. The van der Waals surface area contributed by atoms with E-state index in [0.29, 0.717) is 25.1 Å². The third kappa shape index (κ3) is 7.33. The Hall–Kier alpha value is -3.32. The molecule has 0 aliphatic heterocycles. The Bertz CT molecular complexity index is 1180. The maximum Gasteiger partial charge on any atom is 0.223 e. The Morgan fingerprint density at radius 2 is 1.63 bits per heavy atom. The molecule has 4 aromatic rings. The van der Waals surface area contributed by atoms with Crippen LogP contribution < -0.4 is 16.4 Å². The summed E-state index contributed by atoms with van der Waals surface area (Å²) in [5.41, 5.74) is 12.1. The van der Waals surface area contributed by atoms with E-state index >= 15 is 0 Å². The molecule has 2 aromatic carbocycles. The Balaban J connectivity index is 0.00000342. The molecule has 0 aliphatic carbocycles. The monoisotopic (exact) mass is 488 g/mol. The summed E-state index contributed by atoms with van der Waals surface area (Å²) >= 11 is 0. The molecule has 0 unspecified atom stereocenters. The van der Waals surface area contributed by atoms with Crippen molar-refractivity contribution in [3.05, 3.63) is 96.4 Å². The Labute approximate surface area is 213 Å². The molecule has 6 nitrogen and oxygen atoms in total. The van der Waals surface area contributed by atoms with Gasteiger partial charge in [0, 0.05) is 54.9 Å². The third-order valence-electron chi connectivity index (χ3n) is 5.62. The van der Waals surface area contributed by atoms with E-state index in [1.807, 2.05) is 36.5 Å². The van der Waals surface area contributed by atoms with Gasteiger partial charge in [-0.15, -0.1) is 12.4 Å². The minimum Gasteiger partial charge on any atom is -0.353 e. The molecule has 0 fully saturated rings. The molecule has 7 heteroatoms. The van der Waals surface area contributed by atoms with Crippen LogP contribution in [-0.4, -0.2) is 33.6 Å². The predicted octanol–water partition coefficient (Wildman–Crippen LogP) is 5.11. The molecule has 2 heterocycles. The van der Waals surface area contributed by atoms with Crippen molar-refractivity contribution in [1.82, 2.24) is 20.3 Å². The number of pyridine rings is 1. The molecule has 0 aliphatic rings. The van der Waals surface area contributed by atoms with Gasteiger partial charge in [-0.2, -0.15) is 0 Å². The van der Waals surface area contributed by atoms with E-state index in [9.17, 15) is 0 Å². The number of hydrogen-bond acceptors (Lipinski definition) is 6. The number of hydrogen-bond donors (Lipinski definition) is 3. The Morgan fingerprint density at radius 1 is 0.886 bits per heavy atom. The quantitative estimate of drug-likeness (QED) is 0.287. The SMILES string of the molecule is CC(C)N[C@H](CNc1ncc(-c2cccc(CN)c2)c(-c2ccncc2)n1)Cc1ccccc1.Cl. The molecular formula is C28H33ClN6. The highest BCUT2D eigenvalue weighted by Crippen LogP contribution is 2.31. The molecular weight excluding hydrogens is 456 g/mol. The van der Waals surface area contributed by atoms with Gasteiger partial charge in [0.2, 0.25) is 5.95 Å². The predicted molar refractivity (Wildman–Crippen MR) is 147 cm³/mol. The van der Waals surface area contributed by atoms with E-state index in [4.69, 9.17) is 10.7 Å². The Morgan fingerprint density at radius 3 is 2.34 bits per heavy atom. The number of rotatable bonds is 10. The molecule has 0 bridgehead atoms. The summed E-state index contributed by atoms with van der Waals surface area (Å²) in [7, 11) is 0.